The third-order valence-electron chi connectivity index (χ3n) is 3.42. The van der Waals surface area contributed by atoms with Gasteiger partial charge in [-0.3, -0.25) is 4.79 Å². The van der Waals surface area contributed by atoms with Gasteiger partial charge in [0.05, 0.1) is 6.04 Å². The van der Waals surface area contributed by atoms with Crippen molar-refractivity contribution in [2.45, 2.75) is 12.5 Å². The van der Waals surface area contributed by atoms with Crippen molar-refractivity contribution in [2.24, 2.45) is 0 Å². The first-order valence-corrected chi connectivity index (χ1v) is 5.42. The number of hydrogen-bond acceptors (Lipinski definition) is 2. The summed E-state index contributed by atoms with van der Waals surface area (Å²) in [7, 11) is 0. The summed E-state index contributed by atoms with van der Waals surface area (Å²) in [5, 5.41) is 0. The Balaban J connectivity index is 1.89. The van der Waals surface area contributed by atoms with Crippen LogP contribution in [0, 0.1) is 0 Å². The molecule has 1 unspecified atom stereocenters. The molecule has 0 aliphatic carbocycles. The lowest BCUT2D eigenvalue weighted by molar-refractivity contribution is -0.118. The molecule has 2 heterocycles. The van der Waals surface area contributed by atoms with E-state index in [0.29, 0.717) is 6.04 Å². The zero-order chi connectivity index (χ0) is 10.3. The molecule has 0 aromatic heterocycles. The Morgan fingerprint density at radius 2 is 2.13 bits per heavy atom. The van der Waals surface area contributed by atoms with E-state index in [4.69, 9.17) is 0 Å². The highest BCUT2D eigenvalue weighted by Gasteiger charge is 2.33. The van der Waals surface area contributed by atoms with E-state index < -0.39 is 0 Å². The summed E-state index contributed by atoms with van der Waals surface area (Å²) < 4.78 is 0. The predicted molar refractivity (Wildman–Crippen MR) is 58.9 cm³/mol. The summed E-state index contributed by atoms with van der Waals surface area (Å²) in [5.74, 6) is 0. The van der Waals surface area contributed by atoms with E-state index in [9.17, 15) is 4.79 Å². The van der Waals surface area contributed by atoms with Crippen LogP contribution < -0.4 is 4.90 Å². The quantitative estimate of drug-likeness (QED) is 0.631. The molecule has 0 bridgehead atoms. The van der Waals surface area contributed by atoms with Crippen molar-refractivity contribution in [3.8, 4) is 0 Å². The highest BCUT2D eigenvalue weighted by Crippen LogP contribution is 2.33. The highest BCUT2D eigenvalue weighted by atomic mass is 16.1. The molecule has 15 heavy (non-hydrogen) atoms. The molecule has 0 N–H and O–H groups in total. The molecular formula is C12H14N2O. The molecule has 1 aromatic rings. The molecule has 0 radical (unpaired) electrons. The second-order valence-electron chi connectivity index (χ2n) is 4.28. The predicted octanol–water partition coefficient (Wildman–Crippen LogP) is 0.890. The number of nitrogens with zero attached hydrogens (tertiary/aromatic N) is 2. The second kappa shape index (κ2) is 3.26. The van der Waals surface area contributed by atoms with Crippen molar-refractivity contribution in [3.63, 3.8) is 0 Å². The first-order chi connectivity index (χ1) is 7.38. The summed E-state index contributed by atoms with van der Waals surface area (Å²) in [5.41, 5.74) is 2.79. The average molecular weight is 202 g/mol. The standard InChI is InChI=1S/C12H14N2O/c15-9-13-5-6-14-11(8-13)7-10-3-1-2-4-12(10)14/h1-4,9,11H,5-8H2. The summed E-state index contributed by atoms with van der Waals surface area (Å²) in [6, 6.07) is 9.06. The van der Waals surface area contributed by atoms with Gasteiger partial charge in [0.15, 0.2) is 0 Å². The van der Waals surface area contributed by atoms with Crippen molar-refractivity contribution in [3.05, 3.63) is 29.8 Å². The number of rotatable bonds is 1. The van der Waals surface area contributed by atoms with E-state index in [1.165, 1.54) is 11.3 Å². The minimum atomic E-state index is 0.501. The SMILES string of the molecule is O=CN1CCN2c3ccccc3CC2C1. The monoisotopic (exact) mass is 202 g/mol. The third kappa shape index (κ3) is 1.30. The number of amides is 1. The normalized spacial score (nSPS) is 23.6. The molecule has 2 aliphatic rings. The Morgan fingerprint density at radius 1 is 1.27 bits per heavy atom. The molecule has 1 amide bonds. The number of anilines is 1. The molecule has 2 aliphatic heterocycles. The van der Waals surface area contributed by atoms with E-state index in [-0.39, 0.29) is 0 Å². The molecule has 1 atom stereocenters. The molecule has 0 spiro atoms. The van der Waals surface area contributed by atoms with Crippen LogP contribution in [-0.4, -0.2) is 37.0 Å². The van der Waals surface area contributed by atoms with Crippen molar-refractivity contribution in [1.29, 1.82) is 0 Å². The van der Waals surface area contributed by atoms with E-state index >= 15 is 0 Å². The second-order valence-corrected chi connectivity index (χ2v) is 4.28. The lowest BCUT2D eigenvalue weighted by Crippen LogP contribution is -2.51. The number of para-hydroxylation sites is 1. The summed E-state index contributed by atoms with van der Waals surface area (Å²) in [4.78, 5) is 15.1. The molecule has 1 saturated heterocycles. The van der Waals surface area contributed by atoms with Crippen molar-refractivity contribution < 1.29 is 4.79 Å². The van der Waals surface area contributed by atoms with Gasteiger partial charge in [-0.1, -0.05) is 18.2 Å². The average Bonchev–Trinajstić information content (AvgIpc) is 2.66. The van der Waals surface area contributed by atoms with Crippen LogP contribution in [0.4, 0.5) is 5.69 Å². The summed E-state index contributed by atoms with van der Waals surface area (Å²) in [6.07, 6.45) is 2.06. The van der Waals surface area contributed by atoms with Crippen LogP contribution in [0.15, 0.2) is 24.3 Å². The van der Waals surface area contributed by atoms with Crippen molar-refractivity contribution in [2.75, 3.05) is 24.5 Å². The van der Waals surface area contributed by atoms with Gasteiger partial charge in [0.2, 0.25) is 6.41 Å². The van der Waals surface area contributed by atoms with Gasteiger partial charge in [-0.2, -0.15) is 0 Å². The number of fused-ring (bicyclic) bond motifs is 3. The van der Waals surface area contributed by atoms with Gasteiger partial charge in [-0.05, 0) is 18.1 Å². The maximum Gasteiger partial charge on any atom is 0.209 e. The van der Waals surface area contributed by atoms with E-state index in [2.05, 4.69) is 29.2 Å². The van der Waals surface area contributed by atoms with Gasteiger partial charge in [0.25, 0.3) is 0 Å². The maximum absolute atomic E-state index is 10.7. The molecule has 0 saturated carbocycles. The minimum Gasteiger partial charge on any atom is -0.364 e. The fourth-order valence-corrected chi connectivity index (χ4v) is 2.68. The van der Waals surface area contributed by atoms with Gasteiger partial charge in [-0.15, -0.1) is 0 Å². The fourth-order valence-electron chi connectivity index (χ4n) is 2.68. The van der Waals surface area contributed by atoms with Gasteiger partial charge in [0.1, 0.15) is 0 Å². The molecular weight excluding hydrogens is 188 g/mol. The van der Waals surface area contributed by atoms with Gasteiger partial charge < -0.3 is 9.80 Å². The molecule has 3 nitrogen and oxygen atoms in total. The topological polar surface area (TPSA) is 23.6 Å². The lowest BCUT2D eigenvalue weighted by Gasteiger charge is -2.37. The smallest absolute Gasteiger partial charge is 0.209 e. The molecule has 78 valence electrons. The third-order valence-corrected chi connectivity index (χ3v) is 3.42. The molecule has 3 heteroatoms. The number of hydrogen-bond donors (Lipinski definition) is 0. The highest BCUT2D eigenvalue weighted by molar-refractivity contribution is 5.61. The van der Waals surface area contributed by atoms with Gasteiger partial charge in [0, 0.05) is 25.3 Å². The van der Waals surface area contributed by atoms with E-state index in [1.54, 1.807) is 0 Å². The summed E-state index contributed by atoms with van der Waals surface area (Å²) >= 11 is 0. The molecule has 3 rings (SSSR count). The largest absolute Gasteiger partial charge is 0.364 e. The maximum atomic E-state index is 10.7. The van der Waals surface area contributed by atoms with Crippen LogP contribution in [0.2, 0.25) is 0 Å². The van der Waals surface area contributed by atoms with Gasteiger partial charge in [-0.25, -0.2) is 0 Å². The minimum absolute atomic E-state index is 0.501. The number of benzene rings is 1. The van der Waals surface area contributed by atoms with Crippen molar-refractivity contribution in [1.82, 2.24) is 4.90 Å². The Hall–Kier alpha value is -1.51. The fraction of sp³-hybridized carbons (Fsp3) is 0.417. The Morgan fingerprint density at radius 3 is 3.00 bits per heavy atom. The van der Waals surface area contributed by atoms with Crippen LogP contribution in [0.1, 0.15) is 5.56 Å². The molecule has 1 aromatic carbocycles. The first kappa shape index (κ1) is 8.77. The molecule has 1 fully saturated rings. The lowest BCUT2D eigenvalue weighted by atomic mass is 10.1. The van der Waals surface area contributed by atoms with Crippen LogP contribution in [0.5, 0.6) is 0 Å². The van der Waals surface area contributed by atoms with Crippen LogP contribution in [0.25, 0.3) is 0 Å². The van der Waals surface area contributed by atoms with E-state index in [1.807, 2.05) is 4.90 Å². The Labute approximate surface area is 89.3 Å². The zero-order valence-electron chi connectivity index (χ0n) is 8.60. The Bertz CT molecular complexity index is 391. The summed E-state index contributed by atoms with van der Waals surface area (Å²) in [6.45, 7) is 2.70. The van der Waals surface area contributed by atoms with Crippen LogP contribution in [-0.2, 0) is 11.2 Å². The number of carbonyl (C=O) groups excluding carboxylic acids is 1. The Kier molecular flexibility index (Phi) is 1.91. The number of piperazine rings is 1. The van der Waals surface area contributed by atoms with Gasteiger partial charge >= 0.3 is 0 Å². The zero-order valence-corrected chi connectivity index (χ0v) is 8.60. The van der Waals surface area contributed by atoms with Crippen molar-refractivity contribution >= 4 is 12.1 Å². The first-order valence-electron chi connectivity index (χ1n) is 5.42. The number of carbonyl (C=O) groups is 1. The van der Waals surface area contributed by atoms with Crippen LogP contribution in [0.3, 0.4) is 0 Å². The van der Waals surface area contributed by atoms with Crippen LogP contribution >= 0.6 is 0 Å². The van der Waals surface area contributed by atoms with E-state index in [0.717, 1.165) is 32.5 Å².